The molecule has 0 saturated carbocycles. The molecule has 0 saturated heterocycles. The Hall–Kier alpha value is -7.70. The van der Waals surface area contributed by atoms with Gasteiger partial charge in [-0.3, -0.25) is 4.57 Å². The largest absolute Gasteiger partial charge is 0.309 e. The van der Waals surface area contributed by atoms with Gasteiger partial charge in [-0.15, -0.1) is 0 Å². The molecule has 0 bridgehead atoms. The lowest BCUT2D eigenvalue weighted by Gasteiger charge is -2.11. The van der Waals surface area contributed by atoms with E-state index in [-0.39, 0.29) is 0 Å². The SMILES string of the molecule is c1ccc(-c2nc(-c3ccccc3)nc(-c3ccnc(-n4c5ccccc5c5cc(-c6ccc7c(c6)c6ccccc6n7-c6ccccc6)ccc54)c3)n2)cc1. The molecule has 262 valence electrons. The second-order valence-corrected chi connectivity index (χ2v) is 13.9. The number of pyridine rings is 1. The molecule has 11 rings (SSSR count). The average Bonchev–Trinajstić information content (AvgIpc) is 3.79. The van der Waals surface area contributed by atoms with Gasteiger partial charge in [0.1, 0.15) is 5.82 Å². The minimum atomic E-state index is 0.591. The number of aromatic nitrogens is 6. The Bertz CT molecular complexity index is 3180. The van der Waals surface area contributed by atoms with Gasteiger partial charge in [-0.1, -0.05) is 127 Å². The fraction of sp³-hybridized carbons (Fsp3) is 0. The number of hydrogen-bond donors (Lipinski definition) is 0. The van der Waals surface area contributed by atoms with Crippen LogP contribution in [-0.2, 0) is 0 Å². The molecular formula is C50H32N6. The van der Waals surface area contributed by atoms with Gasteiger partial charge in [-0.05, 0) is 71.8 Å². The lowest BCUT2D eigenvalue weighted by atomic mass is 10.0. The molecule has 6 nitrogen and oxygen atoms in total. The fourth-order valence-electron chi connectivity index (χ4n) is 8.02. The van der Waals surface area contributed by atoms with Crippen LogP contribution >= 0.6 is 0 Å². The first-order valence-corrected chi connectivity index (χ1v) is 18.7. The summed E-state index contributed by atoms with van der Waals surface area (Å²) in [6.45, 7) is 0. The molecule has 0 fully saturated rings. The third-order valence-electron chi connectivity index (χ3n) is 10.6. The van der Waals surface area contributed by atoms with Crippen molar-refractivity contribution in [2.75, 3.05) is 0 Å². The second-order valence-electron chi connectivity index (χ2n) is 13.9. The second kappa shape index (κ2) is 13.0. The predicted molar refractivity (Wildman–Crippen MR) is 228 cm³/mol. The Morgan fingerprint density at radius 1 is 0.304 bits per heavy atom. The number of benzene rings is 7. The van der Waals surface area contributed by atoms with Gasteiger partial charge in [0.15, 0.2) is 17.5 Å². The van der Waals surface area contributed by atoms with Crippen molar-refractivity contribution < 1.29 is 0 Å². The Balaban J connectivity index is 1.05. The van der Waals surface area contributed by atoms with Crippen molar-refractivity contribution in [2.24, 2.45) is 0 Å². The van der Waals surface area contributed by atoms with Crippen LogP contribution in [0, 0.1) is 0 Å². The van der Waals surface area contributed by atoms with E-state index >= 15 is 0 Å². The highest BCUT2D eigenvalue weighted by molar-refractivity contribution is 6.12. The van der Waals surface area contributed by atoms with E-state index < -0.39 is 0 Å². The van der Waals surface area contributed by atoms with Crippen molar-refractivity contribution in [1.82, 2.24) is 29.1 Å². The summed E-state index contributed by atoms with van der Waals surface area (Å²) in [6, 6.07) is 65.6. The van der Waals surface area contributed by atoms with E-state index in [0.717, 1.165) is 55.6 Å². The van der Waals surface area contributed by atoms with Crippen LogP contribution < -0.4 is 0 Å². The van der Waals surface area contributed by atoms with Crippen LogP contribution in [0.25, 0.3) is 100 Å². The molecule has 4 aromatic heterocycles. The molecule has 0 N–H and O–H groups in total. The Morgan fingerprint density at radius 3 is 1.32 bits per heavy atom. The van der Waals surface area contributed by atoms with Gasteiger partial charge >= 0.3 is 0 Å². The van der Waals surface area contributed by atoms with Crippen molar-refractivity contribution in [3.8, 4) is 56.8 Å². The molecule has 0 atom stereocenters. The van der Waals surface area contributed by atoms with E-state index in [2.05, 4.69) is 130 Å². The molecule has 0 aliphatic heterocycles. The summed E-state index contributed by atoms with van der Waals surface area (Å²) in [5.41, 5.74) is 10.8. The van der Waals surface area contributed by atoms with Crippen molar-refractivity contribution in [2.45, 2.75) is 0 Å². The maximum Gasteiger partial charge on any atom is 0.164 e. The third kappa shape index (κ3) is 5.27. The van der Waals surface area contributed by atoms with Crippen LogP contribution in [0.4, 0.5) is 0 Å². The number of hydrogen-bond acceptors (Lipinski definition) is 4. The first-order valence-electron chi connectivity index (χ1n) is 18.7. The standard InChI is InChI=1S/C50H32N6/c1-4-14-33(15-5-1)48-52-49(34-16-6-2-7-17-34)54-50(53-48)37-28-29-51-47(32-37)56-44-23-13-11-21-40(44)42-31-36(25-27-46(42)56)35-24-26-45-41(30-35)39-20-10-12-22-43(39)55(45)38-18-8-3-9-19-38/h1-32H. The van der Waals surface area contributed by atoms with Crippen LogP contribution in [0.1, 0.15) is 0 Å². The smallest absolute Gasteiger partial charge is 0.164 e. The predicted octanol–water partition coefficient (Wildman–Crippen LogP) is 12.1. The number of rotatable bonds is 6. The van der Waals surface area contributed by atoms with E-state index in [1.807, 2.05) is 72.9 Å². The molecule has 0 spiro atoms. The van der Waals surface area contributed by atoms with Crippen LogP contribution in [0.3, 0.4) is 0 Å². The summed E-state index contributed by atoms with van der Waals surface area (Å²) < 4.78 is 4.60. The summed E-state index contributed by atoms with van der Waals surface area (Å²) in [7, 11) is 0. The molecule has 0 aliphatic rings. The van der Waals surface area contributed by atoms with Gasteiger partial charge in [-0.2, -0.15) is 0 Å². The average molecular weight is 717 g/mol. The number of fused-ring (bicyclic) bond motifs is 6. The molecule has 56 heavy (non-hydrogen) atoms. The van der Waals surface area contributed by atoms with E-state index in [1.54, 1.807) is 0 Å². The highest BCUT2D eigenvalue weighted by atomic mass is 15.1. The first kappa shape index (κ1) is 31.8. The van der Waals surface area contributed by atoms with Gasteiger partial charge < -0.3 is 4.57 Å². The maximum atomic E-state index is 4.99. The van der Waals surface area contributed by atoms with Gasteiger partial charge in [-0.25, -0.2) is 19.9 Å². The zero-order valence-electron chi connectivity index (χ0n) is 30.2. The fourth-order valence-corrected chi connectivity index (χ4v) is 8.02. The van der Waals surface area contributed by atoms with Crippen molar-refractivity contribution in [3.63, 3.8) is 0 Å². The van der Waals surface area contributed by atoms with Gasteiger partial charge in [0.05, 0.1) is 22.1 Å². The summed E-state index contributed by atoms with van der Waals surface area (Å²) in [5, 5.41) is 4.79. The highest BCUT2D eigenvalue weighted by Crippen LogP contribution is 2.38. The number of nitrogens with zero attached hydrogens (tertiary/aromatic N) is 6. The maximum absolute atomic E-state index is 4.99. The minimum absolute atomic E-state index is 0.591. The first-order chi connectivity index (χ1) is 27.8. The zero-order valence-corrected chi connectivity index (χ0v) is 30.2. The van der Waals surface area contributed by atoms with Crippen LogP contribution in [0.15, 0.2) is 194 Å². The molecule has 0 radical (unpaired) electrons. The Labute approximate surface area is 322 Å². The quantitative estimate of drug-likeness (QED) is 0.172. The van der Waals surface area contributed by atoms with E-state index in [0.29, 0.717) is 17.5 Å². The summed E-state index contributed by atoms with van der Waals surface area (Å²) in [4.78, 5) is 19.8. The molecule has 11 aromatic rings. The lowest BCUT2D eigenvalue weighted by Crippen LogP contribution is -2.02. The van der Waals surface area contributed by atoms with Gasteiger partial charge in [0.2, 0.25) is 0 Å². The van der Waals surface area contributed by atoms with Crippen molar-refractivity contribution >= 4 is 43.6 Å². The lowest BCUT2D eigenvalue weighted by molar-refractivity contribution is 1.05. The molecular weight excluding hydrogens is 685 g/mol. The Morgan fingerprint density at radius 2 is 0.750 bits per heavy atom. The van der Waals surface area contributed by atoms with E-state index in [4.69, 9.17) is 19.9 Å². The van der Waals surface area contributed by atoms with Crippen molar-refractivity contribution in [3.05, 3.63) is 194 Å². The van der Waals surface area contributed by atoms with E-state index in [9.17, 15) is 0 Å². The highest BCUT2D eigenvalue weighted by Gasteiger charge is 2.18. The summed E-state index contributed by atoms with van der Waals surface area (Å²) >= 11 is 0. The molecule has 4 heterocycles. The van der Waals surface area contributed by atoms with E-state index in [1.165, 1.54) is 27.4 Å². The van der Waals surface area contributed by atoms with Gasteiger partial charge in [0.25, 0.3) is 0 Å². The van der Waals surface area contributed by atoms with Crippen LogP contribution in [0.2, 0.25) is 0 Å². The normalized spacial score (nSPS) is 11.6. The minimum Gasteiger partial charge on any atom is -0.309 e. The molecule has 0 amide bonds. The number of para-hydroxylation sites is 3. The van der Waals surface area contributed by atoms with Crippen LogP contribution in [0.5, 0.6) is 0 Å². The summed E-state index contributed by atoms with van der Waals surface area (Å²) in [5.74, 6) is 2.63. The van der Waals surface area contributed by atoms with Gasteiger partial charge in [0, 0.05) is 50.1 Å². The molecule has 6 heteroatoms. The molecule has 7 aromatic carbocycles. The Kier molecular flexibility index (Phi) is 7.38. The molecule has 0 unspecified atom stereocenters. The topological polar surface area (TPSA) is 61.4 Å². The monoisotopic (exact) mass is 716 g/mol. The van der Waals surface area contributed by atoms with Crippen molar-refractivity contribution in [1.29, 1.82) is 0 Å². The summed E-state index contributed by atoms with van der Waals surface area (Å²) in [6.07, 6.45) is 1.84. The van der Waals surface area contributed by atoms with Crippen LogP contribution in [-0.4, -0.2) is 29.1 Å². The third-order valence-corrected chi connectivity index (χ3v) is 10.6. The molecule has 0 aliphatic carbocycles. The zero-order chi connectivity index (χ0) is 37.0.